The summed E-state index contributed by atoms with van der Waals surface area (Å²) in [6.45, 7) is 17.4. The number of aliphatic hydroxyl groups excluding tert-OH is 1. The first-order valence-corrected chi connectivity index (χ1v) is 16.6. The van der Waals surface area contributed by atoms with Gasteiger partial charge in [0, 0.05) is 11.8 Å². The average Bonchev–Trinajstić information content (AvgIpc) is 3.27. The molecule has 0 amide bonds. The fourth-order valence-electron chi connectivity index (χ4n) is 7.70. The zero-order valence-electron chi connectivity index (χ0n) is 26.8. The van der Waals surface area contributed by atoms with E-state index in [9.17, 15) is 15.0 Å². The molecule has 9 heteroatoms. The van der Waals surface area contributed by atoms with E-state index >= 15 is 0 Å². The number of hydrogen-bond acceptors (Lipinski definition) is 8. The molecular formula is C32H55BrO8. The van der Waals surface area contributed by atoms with Gasteiger partial charge in [-0.1, -0.05) is 15.9 Å². The summed E-state index contributed by atoms with van der Waals surface area (Å²) in [5, 5.41) is 22.8. The van der Waals surface area contributed by atoms with Gasteiger partial charge in [-0.2, -0.15) is 0 Å². The van der Waals surface area contributed by atoms with Crippen molar-refractivity contribution in [3.63, 3.8) is 0 Å². The summed E-state index contributed by atoms with van der Waals surface area (Å²) in [5.74, 6) is -0.348. The summed E-state index contributed by atoms with van der Waals surface area (Å²) in [6, 6.07) is 0. The zero-order chi connectivity index (χ0) is 30.6. The van der Waals surface area contributed by atoms with Gasteiger partial charge in [0.15, 0.2) is 0 Å². The predicted octanol–water partition coefficient (Wildman–Crippen LogP) is 5.75. The number of carbonyl (C=O) groups excluding carboxylic acids is 1. The molecule has 4 fully saturated rings. The van der Waals surface area contributed by atoms with Crippen molar-refractivity contribution in [2.45, 2.75) is 195 Å². The molecule has 4 aliphatic rings. The summed E-state index contributed by atoms with van der Waals surface area (Å²) in [5.41, 5.74) is -3.71. The van der Waals surface area contributed by atoms with Crippen LogP contribution in [0.25, 0.3) is 0 Å². The molecule has 4 rings (SSSR count). The molecule has 0 bridgehead atoms. The molecule has 4 saturated heterocycles. The third kappa shape index (κ3) is 7.02. The van der Waals surface area contributed by atoms with Gasteiger partial charge in [-0.15, -0.1) is 0 Å². The first-order valence-electron chi connectivity index (χ1n) is 15.7. The van der Waals surface area contributed by atoms with Crippen molar-refractivity contribution in [3.8, 4) is 0 Å². The Hall–Kier alpha value is -0.290. The van der Waals surface area contributed by atoms with Gasteiger partial charge in [-0.05, 0) is 120 Å². The number of ether oxygens (including phenoxy) is 5. The van der Waals surface area contributed by atoms with E-state index in [1.807, 2.05) is 27.7 Å². The SMILES string of the molecule is CC(=O)OC(C)(C)[C@H]1CC[C@](C)([C@H](O)CCC(C)(O)C2CC[C@@H]3O[C@H]([C@@]4(C)CC[C@H](Br)C(C)(C)O4)CC[C@@]3(C)O2)O1. The summed E-state index contributed by atoms with van der Waals surface area (Å²) < 4.78 is 31.8. The minimum Gasteiger partial charge on any atom is -0.457 e. The fraction of sp³-hybridized carbons (Fsp3) is 0.969. The molecule has 0 saturated carbocycles. The third-order valence-electron chi connectivity index (χ3n) is 10.7. The van der Waals surface area contributed by atoms with Crippen molar-refractivity contribution in [2.24, 2.45) is 0 Å². The van der Waals surface area contributed by atoms with Gasteiger partial charge in [0.1, 0.15) is 5.60 Å². The first-order chi connectivity index (χ1) is 18.7. The van der Waals surface area contributed by atoms with E-state index in [-0.39, 0.29) is 41.6 Å². The van der Waals surface area contributed by atoms with Gasteiger partial charge in [0.25, 0.3) is 0 Å². The Balaban J connectivity index is 1.32. The van der Waals surface area contributed by atoms with Gasteiger partial charge in [0.05, 0.1) is 58.5 Å². The maximum absolute atomic E-state index is 11.6. The lowest BCUT2D eigenvalue weighted by Gasteiger charge is -2.56. The summed E-state index contributed by atoms with van der Waals surface area (Å²) in [6.07, 6.45) is 5.85. The molecule has 41 heavy (non-hydrogen) atoms. The van der Waals surface area contributed by atoms with Crippen LogP contribution in [0.5, 0.6) is 0 Å². The van der Waals surface area contributed by atoms with Crippen molar-refractivity contribution in [3.05, 3.63) is 0 Å². The smallest absolute Gasteiger partial charge is 0.303 e. The van der Waals surface area contributed by atoms with Crippen LogP contribution in [0.2, 0.25) is 0 Å². The maximum atomic E-state index is 11.6. The number of carbonyl (C=O) groups is 1. The van der Waals surface area contributed by atoms with Crippen LogP contribution in [0.3, 0.4) is 0 Å². The molecule has 0 radical (unpaired) electrons. The van der Waals surface area contributed by atoms with Crippen LogP contribution >= 0.6 is 15.9 Å². The highest BCUT2D eigenvalue weighted by Gasteiger charge is 2.55. The Kier molecular flexibility index (Phi) is 9.48. The highest BCUT2D eigenvalue weighted by Crippen LogP contribution is 2.49. The average molecular weight is 648 g/mol. The molecule has 0 spiro atoms. The third-order valence-corrected chi connectivity index (χ3v) is 12.2. The van der Waals surface area contributed by atoms with E-state index in [0.717, 1.165) is 32.1 Å². The number of rotatable bonds is 8. The molecular weight excluding hydrogens is 592 g/mol. The van der Waals surface area contributed by atoms with Gasteiger partial charge < -0.3 is 33.9 Å². The van der Waals surface area contributed by atoms with Crippen molar-refractivity contribution in [1.29, 1.82) is 0 Å². The zero-order valence-corrected chi connectivity index (χ0v) is 28.3. The lowest BCUT2D eigenvalue weighted by atomic mass is 9.75. The van der Waals surface area contributed by atoms with Gasteiger partial charge in [-0.3, -0.25) is 4.79 Å². The van der Waals surface area contributed by atoms with Crippen LogP contribution in [-0.4, -0.2) is 85.1 Å². The Labute approximate surface area is 255 Å². The number of fused-ring (bicyclic) bond motifs is 1. The van der Waals surface area contributed by atoms with Crippen LogP contribution in [-0.2, 0) is 28.5 Å². The molecule has 4 heterocycles. The normalized spacial score (nSPS) is 43.6. The molecule has 10 atom stereocenters. The Morgan fingerprint density at radius 2 is 1.56 bits per heavy atom. The minimum absolute atomic E-state index is 0.0115. The van der Waals surface area contributed by atoms with Crippen molar-refractivity contribution >= 4 is 21.9 Å². The Morgan fingerprint density at radius 1 is 0.927 bits per heavy atom. The first kappa shape index (κ1) is 33.6. The molecule has 0 aliphatic carbocycles. The van der Waals surface area contributed by atoms with Gasteiger partial charge >= 0.3 is 5.97 Å². The molecule has 4 aliphatic heterocycles. The molecule has 238 valence electrons. The van der Waals surface area contributed by atoms with E-state index in [0.29, 0.717) is 36.9 Å². The number of aliphatic hydroxyl groups is 2. The molecule has 0 aromatic rings. The van der Waals surface area contributed by atoms with Gasteiger partial charge in [-0.25, -0.2) is 0 Å². The van der Waals surface area contributed by atoms with Crippen LogP contribution < -0.4 is 0 Å². The van der Waals surface area contributed by atoms with E-state index in [2.05, 4.69) is 43.6 Å². The molecule has 2 N–H and O–H groups in total. The van der Waals surface area contributed by atoms with Crippen molar-refractivity contribution in [1.82, 2.24) is 0 Å². The second-order valence-electron chi connectivity index (χ2n) is 15.2. The number of hydrogen-bond donors (Lipinski definition) is 2. The van der Waals surface area contributed by atoms with Crippen LogP contribution in [0.1, 0.15) is 127 Å². The Morgan fingerprint density at radius 3 is 2.20 bits per heavy atom. The number of esters is 1. The topological polar surface area (TPSA) is 104 Å². The monoisotopic (exact) mass is 646 g/mol. The van der Waals surface area contributed by atoms with Gasteiger partial charge in [0.2, 0.25) is 0 Å². The van der Waals surface area contributed by atoms with E-state index in [4.69, 9.17) is 23.7 Å². The van der Waals surface area contributed by atoms with Crippen LogP contribution in [0.15, 0.2) is 0 Å². The minimum atomic E-state index is -1.11. The van der Waals surface area contributed by atoms with Crippen molar-refractivity contribution < 1.29 is 38.7 Å². The highest BCUT2D eigenvalue weighted by atomic mass is 79.9. The van der Waals surface area contributed by atoms with E-state index in [1.54, 1.807) is 0 Å². The molecule has 2 unspecified atom stereocenters. The predicted molar refractivity (Wildman–Crippen MR) is 160 cm³/mol. The summed E-state index contributed by atoms with van der Waals surface area (Å²) >= 11 is 3.79. The molecule has 0 aromatic heterocycles. The maximum Gasteiger partial charge on any atom is 0.303 e. The van der Waals surface area contributed by atoms with Crippen molar-refractivity contribution in [2.75, 3.05) is 0 Å². The molecule has 0 aromatic carbocycles. The second kappa shape index (κ2) is 11.6. The van der Waals surface area contributed by atoms with Crippen LogP contribution in [0.4, 0.5) is 0 Å². The Bertz CT molecular complexity index is 954. The van der Waals surface area contributed by atoms with E-state index < -0.39 is 28.5 Å². The van der Waals surface area contributed by atoms with Crippen LogP contribution in [0, 0.1) is 0 Å². The fourth-order valence-corrected chi connectivity index (χ4v) is 8.02. The summed E-state index contributed by atoms with van der Waals surface area (Å²) in [4.78, 5) is 11.9. The lowest BCUT2D eigenvalue weighted by molar-refractivity contribution is -0.301. The standard InChI is InChI=1S/C32H55BrO8/c1-20(34)38-28(4,5)23-14-18-30(7,39-23)22(35)13-16-29(6,36)24-10-11-25-31(8,40-24)19-15-26(37-25)32(9)17-12-21(33)27(2,3)41-32/h21-26,35-36H,10-19H2,1-9H3/t21-,22+,23+,24?,25-,26-,29?,30+,31+,32+/m0/s1. The number of halogens is 1. The second-order valence-corrected chi connectivity index (χ2v) is 16.3. The quantitative estimate of drug-likeness (QED) is 0.254. The number of alkyl halides is 1. The highest BCUT2D eigenvalue weighted by molar-refractivity contribution is 9.09. The summed E-state index contributed by atoms with van der Waals surface area (Å²) in [7, 11) is 0. The van der Waals surface area contributed by atoms with E-state index in [1.165, 1.54) is 6.92 Å². The lowest BCUT2D eigenvalue weighted by Crippen LogP contribution is -2.63. The largest absolute Gasteiger partial charge is 0.457 e. The molecule has 8 nitrogen and oxygen atoms in total.